The average Bonchev–Trinajstić information content (AvgIpc) is 2.86. The van der Waals surface area contributed by atoms with Crippen molar-refractivity contribution in [1.82, 2.24) is 15.5 Å². The van der Waals surface area contributed by atoms with Gasteiger partial charge in [-0.05, 0) is 57.6 Å². The molecule has 1 aromatic carbocycles. The highest BCUT2D eigenvalue weighted by molar-refractivity contribution is 7.80. The van der Waals surface area contributed by atoms with Gasteiger partial charge in [-0.2, -0.15) is 12.6 Å². The number of hydrogen-bond donors (Lipinski definition) is 3. The minimum absolute atomic E-state index is 0.0914. The monoisotopic (exact) mass is 533 g/mol. The molecule has 2 N–H and O–H groups in total. The van der Waals surface area contributed by atoms with Gasteiger partial charge in [-0.15, -0.1) is 0 Å². The van der Waals surface area contributed by atoms with Crippen LogP contribution in [0.3, 0.4) is 0 Å². The van der Waals surface area contributed by atoms with Crippen molar-refractivity contribution in [2.75, 3.05) is 12.3 Å². The maximum Gasteiger partial charge on any atom is 0.408 e. The van der Waals surface area contributed by atoms with E-state index in [0.29, 0.717) is 6.54 Å². The minimum atomic E-state index is -0.917. The van der Waals surface area contributed by atoms with Crippen LogP contribution in [0.5, 0.6) is 0 Å². The molecule has 8 heteroatoms. The largest absolute Gasteiger partial charge is 0.444 e. The Bertz CT molecular complexity index is 863. The third-order valence-electron chi connectivity index (χ3n) is 6.67. The lowest BCUT2D eigenvalue weighted by molar-refractivity contribution is -0.142. The summed E-state index contributed by atoms with van der Waals surface area (Å²) in [6.45, 7) is 9.91. The quantitative estimate of drug-likeness (QED) is 0.242. The number of rotatable bonds is 12. The van der Waals surface area contributed by atoms with Crippen LogP contribution in [0.15, 0.2) is 24.3 Å². The summed E-state index contributed by atoms with van der Waals surface area (Å²) in [7, 11) is 0. The first-order chi connectivity index (χ1) is 17.6. The van der Waals surface area contributed by atoms with Gasteiger partial charge in [0.25, 0.3) is 0 Å². The molecule has 1 aromatic rings. The second-order valence-electron chi connectivity index (χ2n) is 11.0. The topological polar surface area (TPSA) is 87.7 Å². The van der Waals surface area contributed by atoms with E-state index in [9.17, 15) is 14.4 Å². The number of hydrogen-bond acceptors (Lipinski definition) is 5. The summed E-state index contributed by atoms with van der Waals surface area (Å²) >= 11 is 4.37. The second kappa shape index (κ2) is 15.3. The van der Waals surface area contributed by atoms with Gasteiger partial charge in [0.1, 0.15) is 17.7 Å². The molecule has 0 radical (unpaired) electrons. The smallest absolute Gasteiger partial charge is 0.408 e. The predicted molar refractivity (Wildman–Crippen MR) is 152 cm³/mol. The van der Waals surface area contributed by atoms with E-state index < -0.39 is 23.8 Å². The van der Waals surface area contributed by atoms with Gasteiger partial charge in [0.15, 0.2) is 0 Å². The maximum atomic E-state index is 13.9. The molecule has 1 aliphatic rings. The van der Waals surface area contributed by atoms with Gasteiger partial charge in [-0.1, -0.05) is 70.2 Å². The first-order valence-corrected chi connectivity index (χ1v) is 14.5. The molecule has 37 heavy (non-hydrogen) atoms. The Kier molecular flexibility index (Phi) is 12.8. The number of carbonyl (C=O) groups excluding carboxylic acids is 3. The summed E-state index contributed by atoms with van der Waals surface area (Å²) in [5.41, 5.74) is 1.24. The highest BCUT2D eigenvalue weighted by Crippen LogP contribution is 2.26. The summed E-state index contributed by atoms with van der Waals surface area (Å²) in [5, 5.41) is 5.91. The number of nitrogens with zero attached hydrogens (tertiary/aromatic N) is 1. The number of amides is 3. The first-order valence-electron chi connectivity index (χ1n) is 13.9. The van der Waals surface area contributed by atoms with Gasteiger partial charge in [-0.3, -0.25) is 9.59 Å². The molecule has 208 valence electrons. The molecule has 0 aliphatic heterocycles. The first kappa shape index (κ1) is 31.0. The number of unbranched alkanes of at least 4 members (excludes halogenated alkanes) is 2. The highest BCUT2D eigenvalue weighted by Gasteiger charge is 2.36. The maximum absolute atomic E-state index is 13.9. The Morgan fingerprint density at radius 3 is 2.24 bits per heavy atom. The highest BCUT2D eigenvalue weighted by atomic mass is 32.1. The fourth-order valence-corrected chi connectivity index (χ4v) is 4.92. The van der Waals surface area contributed by atoms with E-state index in [0.717, 1.165) is 56.9 Å². The number of nitrogens with one attached hydrogen (secondary N) is 2. The van der Waals surface area contributed by atoms with Gasteiger partial charge in [0.2, 0.25) is 11.8 Å². The van der Waals surface area contributed by atoms with Crippen LogP contribution in [-0.2, 0) is 20.7 Å². The number of alkyl carbamates (subject to hydrolysis) is 1. The molecule has 1 aliphatic carbocycles. The van der Waals surface area contributed by atoms with E-state index in [-0.39, 0.29) is 23.6 Å². The van der Waals surface area contributed by atoms with Crippen LogP contribution in [0, 0.1) is 0 Å². The van der Waals surface area contributed by atoms with E-state index in [2.05, 4.69) is 37.1 Å². The lowest BCUT2D eigenvalue weighted by Crippen LogP contribution is -2.54. The van der Waals surface area contributed by atoms with Gasteiger partial charge in [0.05, 0.1) is 0 Å². The fourth-order valence-electron chi connectivity index (χ4n) is 4.67. The van der Waals surface area contributed by atoms with Crippen molar-refractivity contribution in [2.24, 2.45) is 0 Å². The molecule has 2 rings (SSSR count). The lowest BCUT2D eigenvalue weighted by atomic mass is 9.94. The second-order valence-corrected chi connectivity index (χ2v) is 11.3. The molecule has 0 bridgehead atoms. The molecule has 3 amide bonds. The molecule has 0 aromatic heterocycles. The van der Waals surface area contributed by atoms with E-state index in [1.54, 1.807) is 25.7 Å². The molecule has 7 nitrogen and oxygen atoms in total. The number of carbonyl (C=O) groups is 3. The van der Waals surface area contributed by atoms with Crippen LogP contribution >= 0.6 is 12.6 Å². The van der Waals surface area contributed by atoms with Crippen molar-refractivity contribution in [2.45, 2.75) is 116 Å². The Balaban J connectivity index is 2.40. The zero-order chi connectivity index (χ0) is 27.4. The predicted octanol–water partition coefficient (Wildman–Crippen LogP) is 5.58. The Morgan fingerprint density at radius 1 is 1.05 bits per heavy atom. The number of benzene rings is 1. The average molecular weight is 534 g/mol. The normalized spacial score (nSPS) is 15.9. The van der Waals surface area contributed by atoms with E-state index in [4.69, 9.17) is 4.74 Å². The van der Waals surface area contributed by atoms with Crippen LogP contribution in [0.4, 0.5) is 4.79 Å². The van der Waals surface area contributed by atoms with Crippen molar-refractivity contribution in [3.05, 3.63) is 35.4 Å². The van der Waals surface area contributed by atoms with E-state index in [1.165, 1.54) is 12.0 Å². The number of ether oxygens (including phenoxy) is 1. The van der Waals surface area contributed by atoms with Crippen molar-refractivity contribution in [1.29, 1.82) is 0 Å². The lowest BCUT2D eigenvalue weighted by Gasteiger charge is -2.35. The third kappa shape index (κ3) is 10.2. The van der Waals surface area contributed by atoms with Crippen LogP contribution in [0.25, 0.3) is 0 Å². The fraction of sp³-hybridized carbons (Fsp3) is 0.690. The Labute approximate surface area is 228 Å². The van der Waals surface area contributed by atoms with Gasteiger partial charge in [0, 0.05) is 18.3 Å². The number of thiol groups is 1. The molecule has 0 saturated heterocycles. The SMILES string of the molecule is CCCCCN(C(=O)C(CS)NC(=O)OC(C)(C)C)C(C(=O)NC1CCCCC1)c1ccc(CC)cc1. The van der Waals surface area contributed by atoms with Crippen LogP contribution < -0.4 is 10.6 Å². The minimum Gasteiger partial charge on any atom is -0.444 e. The van der Waals surface area contributed by atoms with E-state index >= 15 is 0 Å². The molecular weight excluding hydrogens is 486 g/mol. The van der Waals surface area contributed by atoms with Crippen LogP contribution in [0.2, 0.25) is 0 Å². The third-order valence-corrected chi connectivity index (χ3v) is 7.04. The molecule has 0 spiro atoms. The van der Waals surface area contributed by atoms with Crippen LogP contribution in [-0.4, -0.2) is 52.8 Å². The van der Waals surface area contributed by atoms with Gasteiger partial charge >= 0.3 is 6.09 Å². The van der Waals surface area contributed by atoms with Gasteiger partial charge < -0.3 is 20.3 Å². The van der Waals surface area contributed by atoms with E-state index in [1.807, 2.05) is 24.3 Å². The van der Waals surface area contributed by atoms with Crippen molar-refractivity contribution >= 4 is 30.5 Å². The standard InChI is InChI=1S/C29H47N3O4S/c1-6-8-12-19-32(27(34)24(20-37)31-28(35)36-29(3,4)5)25(22-17-15-21(7-2)16-18-22)26(33)30-23-13-10-9-11-14-23/h15-18,23-25,37H,6-14,19-20H2,1-5H3,(H,30,33)(H,31,35). The summed E-state index contributed by atoms with van der Waals surface area (Å²) in [5.74, 6) is -0.412. The summed E-state index contributed by atoms with van der Waals surface area (Å²) < 4.78 is 5.38. The summed E-state index contributed by atoms with van der Waals surface area (Å²) in [4.78, 5) is 41.9. The van der Waals surface area contributed by atoms with Crippen molar-refractivity contribution in [3.8, 4) is 0 Å². The van der Waals surface area contributed by atoms with Crippen LogP contribution in [0.1, 0.15) is 103 Å². The van der Waals surface area contributed by atoms with Crippen molar-refractivity contribution in [3.63, 3.8) is 0 Å². The van der Waals surface area contributed by atoms with Gasteiger partial charge in [-0.25, -0.2) is 4.79 Å². The summed E-state index contributed by atoms with van der Waals surface area (Å²) in [6.07, 6.45) is 8.18. The Morgan fingerprint density at radius 2 is 1.70 bits per heavy atom. The molecule has 1 saturated carbocycles. The Hall–Kier alpha value is -2.22. The molecule has 2 unspecified atom stereocenters. The summed E-state index contributed by atoms with van der Waals surface area (Å²) in [6, 6.07) is 6.33. The molecule has 2 atom stereocenters. The van der Waals surface area contributed by atoms with Crippen molar-refractivity contribution < 1.29 is 19.1 Å². The molecule has 1 fully saturated rings. The molecule has 0 heterocycles. The molecular formula is C29H47N3O4S. The zero-order valence-electron chi connectivity index (χ0n) is 23.3. The number of aryl methyl sites for hydroxylation is 1. The zero-order valence-corrected chi connectivity index (χ0v) is 24.2.